The molecule has 0 saturated heterocycles. The molecule has 0 radical (unpaired) electrons. The highest BCUT2D eigenvalue weighted by Gasteiger charge is 2.27. The molecule has 0 aliphatic heterocycles. The Morgan fingerprint density at radius 3 is 2.35 bits per heavy atom. The zero-order chi connectivity index (χ0) is 19.0. The summed E-state index contributed by atoms with van der Waals surface area (Å²) in [4.78, 5) is 12.0. The highest BCUT2D eigenvalue weighted by atomic mass is 19.4. The van der Waals surface area contributed by atoms with Crippen LogP contribution in [0.2, 0.25) is 0 Å². The number of hydrogen-bond acceptors (Lipinski definition) is 4. The van der Waals surface area contributed by atoms with Crippen molar-refractivity contribution in [1.82, 2.24) is 5.43 Å². The molecular weight excluding hydrogens is 349 g/mol. The smallest absolute Gasteiger partial charge is 0.411 e. The molecule has 0 spiro atoms. The van der Waals surface area contributed by atoms with Gasteiger partial charge in [0.05, 0.1) is 19.9 Å². The molecule has 0 unspecified atom stereocenters. The molecule has 1 amide bonds. The molecule has 0 atom stereocenters. The van der Waals surface area contributed by atoms with E-state index >= 15 is 0 Å². The van der Waals surface area contributed by atoms with Gasteiger partial charge in [-0.05, 0) is 47.5 Å². The number of hydrazone groups is 1. The Labute approximate surface area is 148 Å². The maximum atomic E-state index is 12.0. The Hall–Kier alpha value is -2.87. The first-order valence-electron chi connectivity index (χ1n) is 7.58. The second kappa shape index (κ2) is 9.00. The minimum atomic E-state index is -4.36. The summed E-state index contributed by atoms with van der Waals surface area (Å²) in [5, 5.41) is 3.86. The van der Waals surface area contributed by atoms with E-state index in [1.54, 1.807) is 31.4 Å². The molecule has 26 heavy (non-hydrogen) atoms. The zero-order valence-corrected chi connectivity index (χ0v) is 13.9. The summed E-state index contributed by atoms with van der Waals surface area (Å²) < 4.78 is 45.6. The molecule has 138 valence electrons. The van der Waals surface area contributed by atoms with Crippen LogP contribution in [0.1, 0.15) is 21.5 Å². The van der Waals surface area contributed by atoms with E-state index in [1.165, 1.54) is 30.5 Å². The fourth-order valence-corrected chi connectivity index (χ4v) is 1.96. The Balaban J connectivity index is 1.84. The number of nitrogens with one attached hydrogen (secondary N) is 1. The summed E-state index contributed by atoms with van der Waals surface area (Å²) >= 11 is 0. The Bertz CT molecular complexity index is 742. The fourth-order valence-electron chi connectivity index (χ4n) is 1.96. The van der Waals surface area contributed by atoms with E-state index in [9.17, 15) is 18.0 Å². The van der Waals surface area contributed by atoms with E-state index in [1.807, 2.05) is 0 Å². The van der Waals surface area contributed by atoms with Crippen LogP contribution in [0.5, 0.6) is 5.75 Å². The minimum Gasteiger partial charge on any atom is -0.497 e. The third-order valence-corrected chi connectivity index (χ3v) is 3.25. The molecule has 0 heterocycles. The highest BCUT2D eigenvalue weighted by molar-refractivity contribution is 5.94. The van der Waals surface area contributed by atoms with Crippen molar-refractivity contribution in [2.75, 3.05) is 13.7 Å². The van der Waals surface area contributed by atoms with Crippen LogP contribution in [0.3, 0.4) is 0 Å². The number of rotatable bonds is 7. The second-order valence-electron chi connectivity index (χ2n) is 5.28. The van der Waals surface area contributed by atoms with Gasteiger partial charge in [0.15, 0.2) is 0 Å². The molecule has 8 heteroatoms. The third kappa shape index (κ3) is 6.56. The van der Waals surface area contributed by atoms with Crippen LogP contribution in [0.15, 0.2) is 53.6 Å². The average Bonchev–Trinajstić information content (AvgIpc) is 2.62. The summed E-state index contributed by atoms with van der Waals surface area (Å²) in [5.74, 6) is 0.281. The van der Waals surface area contributed by atoms with Crippen molar-refractivity contribution in [3.05, 3.63) is 65.2 Å². The molecule has 0 fully saturated rings. The SMILES string of the molecule is COc1ccc(/C=N/NC(=O)c2ccc(COCC(F)(F)F)cc2)cc1. The lowest BCUT2D eigenvalue weighted by Crippen LogP contribution is -2.18. The third-order valence-electron chi connectivity index (χ3n) is 3.25. The van der Waals surface area contributed by atoms with Gasteiger partial charge in [0.1, 0.15) is 12.4 Å². The van der Waals surface area contributed by atoms with E-state index in [0.717, 1.165) is 5.56 Å². The van der Waals surface area contributed by atoms with Gasteiger partial charge in [-0.25, -0.2) is 5.43 Å². The summed E-state index contributed by atoms with van der Waals surface area (Å²) in [6.07, 6.45) is -2.88. The minimum absolute atomic E-state index is 0.184. The number of methoxy groups -OCH3 is 1. The van der Waals surface area contributed by atoms with Crippen LogP contribution < -0.4 is 10.2 Å². The molecule has 2 aromatic rings. The maximum Gasteiger partial charge on any atom is 0.411 e. The van der Waals surface area contributed by atoms with Gasteiger partial charge in [0.2, 0.25) is 0 Å². The van der Waals surface area contributed by atoms with Crippen molar-refractivity contribution < 1.29 is 27.4 Å². The number of benzene rings is 2. The average molecular weight is 366 g/mol. The lowest BCUT2D eigenvalue weighted by atomic mass is 10.1. The maximum absolute atomic E-state index is 12.0. The van der Waals surface area contributed by atoms with E-state index in [4.69, 9.17) is 4.74 Å². The normalized spacial score (nSPS) is 11.5. The lowest BCUT2D eigenvalue weighted by molar-refractivity contribution is -0.176. The van der Waals surface area contributed by atoms with Crippen molar-refractivity contribution in [3.63, 3.8) is 0 Å². The van der Waals surface area contributed by atoms with E-state index in [0.29, 0.717) is 16.9 Å². The quantitative estimate of drug-likeness (QED) is 0.602. The van der Waals surface area contributed by atoms with Gasteiger partial charge >= 0.3 is 6.18 Å². The van der Waals surface area contributed by atoms with Gasteiger partial charge in [0.25, 0.3) is 5.91 Å². The summed E-state index contributed by atoms with van der Waals surface area (Å²) in [5.41, 5.74) is 4.02. The van der Waals surface area contributed by atoms with Gasteiger partial charge in [-0.3, -0.25) is 4.79 Å². The number of hydrogen-bond donors (Lipinski definition) is 1. The Morgan fingerprint density at radius 2 is 1.77 bits per heavy atom. The predicted molar refractivity (Wildman–Crippen MR) is 90.2 cm³/mol. The van der Waals surface area contributed by atoms with Crippen molar-refractivity contribution in [2.24, 2.45) is 5.10 Å². The van der Waals surface area contributed by atoms with Gasteiger partial charge in [-0.15, -0.1) is 0 Å². The number of alkyl halides is 3. The molecule has 0 aliphatic carbocycles. The fraction of sp³-hybridized carbons (Fsp3) is 0.222. The largest absolute Gasteiger partial charge is 0.497 e. The molecule has 5 nitrogen and oxygen atoms in total. The molecule has 0 aliphatic rings. The monoisotopic (exact) mass is 366 g/mol. The van der Waals surface area contributed by atoms with Crippen LogP contribution in [-0.4, -0.2) is 32.0 Å². The van der Waals surface area contributed by atoms with Crippen LogP contribution in [-0.2, 0) is 11.3 Å². The summed E-state index contributed by atoms with van der Waals surface area (Å²) in [7, 11) is 1.57. The van der Waals surface area contributed by atoms with Crippen LogP contribution in [0.4, 0.5) is 13.2 Å². The lowest BCUT2D eigenvalue weighted by Gasteiger charge is -2.08. The first kappa shape index (κ1) is 19.5. The second-order valence-corrected chi connectivity index (χ2v) is 5.28. The topological polar surface area (TPSA) is 59.9 Å². The van der Waals surface area contributed by atoms with Crippen molar-refractivity contribution in [2.45, 2.75) is 12.8 Å². The number of halogens is 3. The molecule has 0 aromatic heterocycles. The molecule has 0 bridgehead atoms. The molecule has 1 N–H and O–H groups in total. The van der Waals surface area contributed by atoms with E-state index in [2.05, 4.69) is 15.3 Å². The standard InChI is InChI=1S/C18H17F3N2O3/c1-25-16-8-4-13(5-9-16)10-22-23-17(24)15-6-2-14(3-7-15)11-26-12-18(19,20)21/h2-10H,11-12H2,1H3,(H,23,24)/b22-10+. The van der Waals surface area contributed by atoms with Gasteiger partial charge < -0.3 is 9.47 Å². The van der Waals surface area contributed by atoms with Crippen LogP contribution >= 0.6 is 0 Å². The molecule has 2 aromatic carbocycles. The van der Waals surface area contributed by atoms with E-state index in [-0.39, 0.29) is 6.61 Å². The number of amides is 1. The van der Waals surface area contributed by atoms with E-state index < -0.39 is 18.7 Å². The van der Waals surface area contributed by atoms with Crippen molar-refractivity contribution in [3.8, 4) is 5.75 Å². The zero-order valence-electron chi connectivity index (χ0n) is 13.9. The number of nitrogens with zero attached hydrogens (tertiary/aromatic N) is 1. The van der Waals surface area contributed by atoms with Gasteiger partial charge in [-0.1, -0.05) is 12.1 Å². The predicted octanol–water partition coefficient (Wildman–Crippen LogP) is 3.54. The van der Waals surface area contributed by atoms with Crippen molar-refractivity contribution in [1.29, 1.82) is 0 Å². The first-order valence-corrected chi connectivity index (χ1v) is 7.58. The highest BCUT2D eigenvalue weighted by Crippen LogP contribution is 2.16. The van der Waals surface area contributed by atoms with Crippen molar-refractivity contribution >= 4 is 12.1 Å². The van der Waals surface area contributed by atoms with Crippen LogP contribution in [0, 0.1) is 0 Å². The van der Waals surface area contributed by atoms with Gasteiger partial charge in [0, 0.05) is 5.56 Å². The summed E-state index contributed by atoms with van der Waals surface area (Å²) in [6.45, 7) is -1.49. The molecule has 2 rings (SSSR count). The first-order chi connectivity index (χ1) is 12.4. The number of carbonyl (C=O) groups excluding carboxylic acids is 1. The summed E-state index contributed by atoms with van der Waals surface area (Å²) in [6, 6.07) is 13.1. The Morgan fingerprint density at radius 1 is 1.12 bits per heavy atom. The number of carbonyl (C=O) groups is 1. The molecule has 0 saturated carbocycles. The van der Waals surface area contributed by atoms with Gasteiger partial charge in [-0.2, -0.15) is 18.3 Å². The molecular formula is C18H17F3N2O3. The Kier molecular flexibility index (Phi) is 6.74. The number of ether oxygens (including phenoxy) is 2. The van der Waals surface area contributed by atoms with Crippen LogP contribution in [0.25, 0.3) is 0 Å².